The number of rotatable bonds is 8. The molecule has 0 spiro atoms. The highest BCUT2D eigenvalue weighted by molar-refractivity contribution is 7.91. The molecule has 4 rings (SSSR count). The van der Waals surface area contributed by atoms with Crippen LogP contribution in [0.2, 0.25) is 0 Å². The zero-order valence-electron chi connectivity index (χ0n) is 18.6. The zero-order valence-corrected chi connectivity index (χ0v) is 19.4. The number of aliphatic carboxylic acids is 1. The quantitative estimate of drug-likeness (QED) is 0.519. The van der Waals surface area contributed by atoms with Gasteiger partial charge in [-0.05, 0) is 35.1 Å². The maximum atomic E-state index is 12.6. The molecule has 2 aromatic rings. The molecule has 180 valence electrons. The number of carbonyl (C=O) groups excluding carboxylic acids is 2. The lowest BCUT2D eigenvalue weighted by Crippen LogP contribution is -2.55. The van der Waals surface area contributed by atoms with Gasteiger partial charge < -0.3 is 20.5 Å². The number of ether oxygens (including phenoxy) is 1. The van der Waals surface area contributed by atoms with E-state index in [1.165, 1.54) is 0 Å². The minimum Gasteiger partial charge on any atom is -0.481 e. The number of carboxylic acids is 1. The average Bonchev–Trinajstić information content (AvgIpc) is 3.06. The Morgan fingerprint density at radius 2 is 1.59 bits per heavy atom. The van der Waals surface area contributed by atoms with E-state index in [2.05, 4.69) is 10.6 Å². The number of fused-ring (bicyclic) bond motifs is 3. The van der Waals surface area contributed by atoms with Crippen LogP contribution in [-0.4, -0.2) is 61.7 Å². The van der Waals surface area contributed by atoms with Crippen LogP contribution in [0.4, 0.5) is 4.79 Å². The molecule has 2 aliphatic carbocycles. The maximum absolute atomic E-state index is 12.6. The molecule has 0 saturated heterocycles. The average molecular weight is 487 g/mol. The monoisotopic (exact) mass is 486 g/mol. The molecule has 0 radical (unpaired) electrons. The van der Waals surface area contributed by atoms with Crippen molar-refractivity contribution in [2.75, 3.05) is 12.9 Å². The number of hydrogen-bond donors (Lipinski definition) is 3. The van der Waals surface area contributed by atoms with E-state index in [9.17, 15) is 22.8 Å². The molecule has 1 saturated carbocycles. The molecule has 34 heavy (non-hydrogen) atoms. The van der Waals surface area contributed by atoms with E-state index in [0.29, 0.717) is 0 Å². The summed E-state index contributed by atoms with van der Waals surface area (Å²) in [4.78, 5) is 36.3. The third-order valence-corrected chi connectivity index (χ3v) is 7.97. The van der Waals surface area contributed by atoms with Gasteiger partial charge in [-0.3, -0.25) is 9.59 Å². The number of sulfone groups is 1. The third kappa shape index (κ3) is 5.06. The standard InChI is InChI=1S/C24H26N2O7S/c1-34(31,32)15-10-14(11-15)25-23(29)21(12-22(27)28)26-24(30)33-13-20-18-8-4-2-6-16(18)17-7-3-5-9-19(17)20/h2-9,14-15,20-21H,10-13H2,1H3,(H,25,29)(H,26,30)(H,27,28). The lowest BCUT2D eigenvalue weighted by atomic mass is 9.92. The molecule has 3 N–H and O–H groups in total. The number of hydrogen-bond acceptors (Lipinski definition) is 6. The van der Waals surface area contributed by atoms with Gasteiger partial charge in [-0.15, -0.1) is 0 Å². The van der Waals surface area contributed by atoms with Crippen molar-refractivity contribution in [3.8, 4) is 11.1 Å². The number of carbonyl (C=O) groups is 3. The fourth-order valence-electron chi connectivity index (χ4n) is 4.50. The number of amides is 2. The van der Waals surface area contributed by atoms with Crippen LogP contribution in [0.15, 0.2) is 48.5 Å². The normalized spacial score (nSPS) is 19.8. The first-order chi connectivity index (χ1) is 16.1. The van der Waals surface area contributed by atoms with E-state index in [4.69, 9.17) is 9.84 Å². The molecule has 1 unspecified atom stereocenters. The van der Waals surface area contributed by atoms with Crippen LogP contribution >= 0.6 is 0 Å². The summed E-state index contributed by atoms with van der Waals surface area (Å²) in [5.41, 5.74) is 4.20. The molecule has 0 aromatic heterocycles. The molecule has 2 aliphatic rings. The van der Waals surface area contributed by atoms with E-state index >= 15 is 0 Å². The molecule has 0 heterocycles. The van der Waals surface area contributed by atoms with Crippen LogP contribution in [0.3, 0.4) is 0 Å². The summed E-state index contributed by atoms with van der Waals surface area (Å²) >= 11 is 0. The highest BCUT2D eigenvalue weighted by Gasteiger charge is 2.38. The van der Waals surface area contributed by atoms with Crippen molar-refractivity contribution >= 4 is 27.8 Å². The van der Waals surface area contributed by atoms with Crippen LogP contribution in [0.1, 0.15) is 36.3 Å². The molecule has 10 heteroatoms. The van der Waals surface area contributed by atoms with Crippen LogP contribution < -0.4 is 10.6 Å². The van der Waals surface area contributed by atoms with E-state index in [-0.39, 0.29) is 31.4 Å². The molecule has 1 fully saturated rings. The molecule has 9 nitrogen and oxygen atoms in total. The van der Waals surface area contributed by atoms with Crippen molar-refractivity contribution < 1.29 is 32.6 Å². The Kier molecular flexibility index (Phi) is 6.60. The van der Waals surface area contributed by atoms with Gasteiger partial charge in [-0.2, -0.15) is 0 Å². The minimum atomic E-state index is -3.19. The van der Waals surface area contributed by atoms with Gasteiger partial charge in [0.15, 0.2) is 0 Å². The van der Waals surface area contributed by atoms with Crippen molar-refractivity contribution in [2.24, 2.45) is 0 Å². The van der Waals surface area contributed by atoms with E-state index in [1.807, 2.05) is 48.5 Å². The SMILES string of the molecule is CS(=O)(=O)C1CC(NC(=O)C(CC(=O)O)NC(=O)OCC2c3ccccc3-c3ccccc32)C1. The summed E-state index contributed by atoms with van der Waals surface area (Å²) in [7, 11) is -3.19. The summed E-state index contributed by atoms with van der Waals surface area (Å²) in [5.74, 6) is -2.12. The predicted octanol–water partition coefficient (Wildman–Crippen LogP) is 2.06. The van der Waals surface area contributed by atoms with Crippen LogP contribution in [-0.2, 0) is 24.2 Å². The highest BCUT2D eigenvalue weighted by atomic mass is 32.2. The summed E-state index contributed by atoms with van der Waals surface area (Å²) < 4.78 is 28.5. The molecule has 2 aromatic carbocycles. The van der Waals surface area contributed by atoms with E-state index < -0.39 is 45.5 Å². The lowest BCUT2D eigenvalue weighted by Gasteiger charge is -2.35. The number of nitrogens with one attached hydrogen (secondary N) is 2. The van der Waals surface area contributed by atoms with Crippen LogP contribution in [0.5, 0.6) is 0 Å². The van der Waals surface area contributed by atoms with Crippen molar-refractivity contribution in [2.45, 2.75) is 42.5 Å². The van der Waals surface area contributed by atoms with Gasteiger partial charge in [0.1, 0.15) is 22.5 Å². The Morgan fingerprint density at radius 1 is 1.03 bits per heavy atom. The third-order valence-electron chi connectivity index (χ3n) is 6.38. The van der Waals surface area contributed by atoms with Crippen molar-refractivity contribution in [3.05, 3.63) is 59.7 Å². The molecule has 0 bridgehead atoms. The smallest absolute Gasteiger partial charge is 0.407 e. The summed E-state index contributed by atoms with van der Waals surface area (Å²) in [6.45, 7) is 0.0277. The topological polar surface area (TPSA) is 139 Å². The lowest BCUT2D eigenvalue weighted by molar-refractivity contribution is -0.140. The first kappa shape index (κ1) is 23.7. The fraction of sp³-hybridized carbons (Fsp3) is 0.375. The van der Waals surface area contributed by atoms with Crippen molar-refractivity contribution in [3.63, 3.8) is 0 Å². The van der Waals surface area contributed by atoms with Crippen LogP contribution in [0, 0.1) is 0 Å². The van der Waals surface area contributed by atoms with Gasteiger partial charge in [0, 0.05) is 18.2 Å². The molecule has 2 amide bonds. The van der Waals surface area contributed by atoms with Gasteiger partial charge >= 0.3 is 12.1 Å². The predicted molar refractivity (Wildman–Crippen MR) is 124 cm³/mol. The summed E-state index contributed by atoms with van der Waals surface area (Å²) in [5, 5.41) is 13.6. The van der Waals surface area contributed by atoms with Crippen LogP contribution in [0.25, 0.3) is 11.1 Å². The fourth-order valence-corrected chi connectivity index (χ4v) is 5.66. The van der Waals surface area contributed by atoms with Gasteiger partial charge in [0.25, 0.3) is 0 Å². The molecular formula is C24H26N2O7S. The van der Waals surface area contributed by atoms with Crippen molar-refractivity contribution in [1.82, 2.24) is 10.6 Å². The minimum absolute atomic E-state index is 0.0277. The Hall–Kier alpha value is -3.40. The Balaban J connectivity index is 1.36. The molecular weight excluding hydrogens is 460 g/mol. The zero-order chi connectivity index (χ0) is 24.5. The largest absolute Gasteiger partial charge is 0.481 e. The van der Waals surface area contributed by atoms with Crippen molar-refractivity contribution in [1.29, 1.82) is 0 Å². The van der Waals surface area contributed by atoms with Gasteiger partial charge in [0.05, 0.1) is 11.7 Å². The Morgan fingerprint density at radius 3 is 2.12 bits per heavy atom. The second-order valence-corrected chi connectivity index (χ2v) is 11.1. The second-order valence-electron chi connectivity index (χ2n) is 8.75. The second kappa shape index (κ2) is 9.46. The summed E-state index contributed by atoms with van der Waals surface area (Å²) in [6.07, 6.45) is 0.135. The number of alkyl carbamates (subject to hydrolysis) is 1. The first-order valence-electron chi connectivity index (χ1n) is 11.0. The molecule has 1 atom stereocenters. The number of benzene rings is 2. The molecule has 0 aliphatic heterocycles. The van der Waals surface area contributed by atoms with E-state index in [1.54, 1.807) is 0 Å². The highest BCUT2D eigenvalue weighted by Crippen LogP contribution is 2.44. The summed E-state index contributed by atoms with van der Waals surface area (Å²) in [6, 6.07) is 14.0. The van der Waals surface area contributed by atoms with Gasteiger partial charge in [0.2, 0.25) is 5.91 Å². The maximum Gasteiger partial charge on any atom is 0.407 e. The van der Waals surface area contributed by atoms with Gasteiger partial charge in [-0.25, -0.2) is 13.2 Å². The number of carboxylic acid groups (broad SMARTS) is 1. The van der Waals surface area contributed by atoms with Gasteiger partial charge in [-0.1, -0.05) is 48.5 Å². The Bertz CT molecular complexity index is 1180. The Labute approximate surface area is 197 Å². The van der Waals surface area contributed by atoms with E-state index in [0.717, 1.165) is 28.5 Å². The first-order valence-corrected chi connectivity index (χ1v) is 12.9.